The first-order chi connectivity index (χ1) is 10.1. The number of carbonyl (C=O) groups is 1. The predicted octanol–water partition coefficient (Wildman–Crippen LogP) is 2.92. The van der Waals surface area contributed by atoms with Crippen LogP contribution in [0.1, 0.15) is 23.0 Å². The van der Waals surface area contributed by atoms with E-state index in [0.29, 0.717) is 11.3 Å². The van der Waals surface area contributed by atoms with Gasteiger partial charge in [0.1, 0.15) is 11.5 Å². The standard InChI is InChI=1S/C16H18FN3O/c1-3-18-13-8-9-19-15(10-13)16(21)20(2)11-12-6-4-5-7-14(12)17/h4-10H,3,11H2,1-2H3,(H,18,19). The van der Waals surface area contributed by atoms with Gasteiger partial charge in [-0.3, -0.25) is 9.78 Å². The molecule has 0 aliphatic carbocycles. The lowest BCUT2D eigenvalue weighted by atomic mass is 10.2. The lowest BCUT2D eigenvalue weighted by Crippen LogP contribution is -2.27. The maximum Gasteiger partial charge on any atom is 0.272 e. The highest BCUT2D eigenvalue weighted by atomic mass is 19.1. The number of halogens is 1. The van der Waals surface area contributed by atoms with Gasteiger partial charge in [-0.05, 0) is 25.1 Å². The van der Waals surface area contributed by atoms with Crippen LogP contribution < -0.4 is 5.32 Å². The van der Waals surface area contributed by atoms with Crippen LogP contribution in [0.5, 0.6) is 0 Å². The molecule has 0 atom stereocenters. The van der Waals surface area contributed by atoms with Gasteiger partial charge in [-0.2, -0.15) is 0 Å². The fourth-order valence-electron chi connectivity index (χ4n) is 2.01. The molecule has 1 heterocycles. The minimum Gasteiger partial charge on any atom is -0.385 e. The quantitative estimate of drug-likeness (QED) is 0.919. The number of aromatic nitrogens is 1. The average Bonchev–Trinajstić information content (AvgIpc) is 2.49. The highest BCUT2D eigenvalue weighted by Crippen LogP contribution is 2.13. The molecule has 21 heavy (non-hydrogen) atoms. The summed E-state index contributed by atoms with van der Waals surface area (Å²) in [6.07, 6.45) is 1.59. The second kappa shape index (κ2) is 6.83. The Morgan fingerprint density at radius 3 is 2.81 bits per heavy atom. The Bertz CT molecular complexity index is 630. The van der Waals surface area contributed by atoms with Crippen LogP contribution in [0.15, 0.2) is 42.6 Å². The van der Waals surface area contributed by atoms with E-state index in [1.54, 1.807) is 43.6 Å². The maximum atomic E-state index is 13.6. The second-order valence-corrected chi connectivity index (χ2v) is 4.71. The molecule has 1 aromatic heterocycles. The molecular weight excluding hydrogens is 269 g/mol. The molecular formula is C16H18FN3O. The van der Waals surface area contributed by atoms with E-state index in [-0.39, 0.29) is 18.3 Å². The second-order valence-electron chi connectivity index (χ2n) is 4.71. The minimum absolute atomic E-state index is 0.207. The van der Waals surface area contributed by atoms with E-state index in [1.165, 1.54) is 11.0 Å². The van der Waals surface area contributed by atoms with E-state index in [2.05, 4.69) is 10.3 Å². The first-order valence-electron chi connectivity index (χ1n) is 6.80. The zero-order valence-electron chi connectivity index (χ0n) is 12.1. The van der Waals surface area contributed by atoms with Crippen molar-refractivity contribution in [3.8, 4) is 0 Å². The SMILES string of the molecule is CCNc1ccnc(C(=O)N(C)Cc2ccccc2F)c1. The number of carbonyl (C=O) groups excluding carboxylic acids is 1. The van der Waals surface area contributed by atoms with Crippen LogP contribution in [0, 0.1) is 5.82 Å². The topological polar surface area (TPSA) is 45.2 Å². The number of nitrogens with one attached hydrogen (secondary N) is 1. The first-order valence-corrected chi connectivity index (χ1v) is 6.80. The van der Waals surface area contributed by atoms with Gasteiger partial charge in [-0.15, -0.1) is 0 Å². The van der Waals surface area contributed by atoms with E-state index in [1.807, 2.05) is 6.92 Å². The molecule has 0 radical (unpaired) electrons. The van der Waals surface area contributed by atoms with Gasteiger partial charge in [0.25, 0.3) is 5.91 Å². The highest BCUT2D eigenvalue weighted by Gasteiger charge is 2.15. The van der Waals surface area contributed by atoms with E-state index < -0.39 is 0 Å². The molecule has 4 nitrogen and oxygen atoms in total. The number of amides is 1. The summed E-state index contributed by atoms with van der Waals surface area (Å²) in [5.41, 5.74) is 1.67. The normalized spacial score (nSPS) is 10.2. The van der Waals surface area contributed by atoms with E-state index in [4.69, 9.17) is 0 Å². The van der Waals surface area contributed by atoms with Gasteiger partial charge in [-0.25, -0.2) is 4.39 Å². The maximum absolute atomic E-state index is 13.6. The van der Waals surface area contributed by atoms with Gasteiger partial charge in [-0.1, -0.05) is 18.2 Å². The van der Waals surface area contributed by atoms with Gasteiger partial charge in [0.05, 0.1) is 0 Å². The number of benzene rings is 1. The van der Waals surface area contributed by atoms with Crippen molar-refractivity contribution in [2.75, 3.05) is 18.9 Å². The fourth-order valence-corrected chi connectivity index (χ4v) is 2.01. The number of hydrogen-bond acceptors (Lipinski definition) is 3. The van der Waals surface area contributed by atoms with Crippen molar-refractivity contribution in [1.29, 1.82) is 0 Å². The third kappa shape index (κ3) is 3.78. The minimum atomic E-state index is -0.313. The summed E-state index contributed by atoms with van der Waals surface area (Å²) in [5, 5.41) is 3.13. The first kappa shape index (κ1) is 15.0. The van der Waals surface area contributed by atoms with Crippen molar-refractivity contribution in [1.82, 2.24) is 9.88 Å². The van der Waals surface area contributed by atoms with Gasteiger partial charge >= 0.3 is 0 Å². The largest absolute Gasteiger partial charge is 0.385 e. The molecule has 1 amide bonds. The van der Waals surface area contributed by atoms with Crippen molar-refractivity contribution in [2.24, 2.45) is 0 Å². The van der Waals surface area contributed by atoms with Crippen LogP contribution >= 0.6 is 0 Å². The monoisotopic (exact) mass is 287 g/mol. The lowest BCUT2D eigenvalue weighted by molar-refractivity contribution is 0.0778. The summed E-state index contributed by atoms with van der Waals surface area (Å²) in [6.45, 7) is 2.95. The van der Waals surface area contributed by atoms with Gasteiger partial charge in [0, 0.05) is 37.6 Å². The molecule has 0 saturated heterocycles. The lowest BCUT2D eigenvalue weighted by Gasteiger charge is -2.17. The number of hydrogen-bond donors (Lipinski definition) is 1. The smallest absolute Gasteiger partial charge is 0.272 e. The molecule has 1 N–H and O–H groups in total. The van der Waals surface area contributed by atoms with Crippen LogP contribution in [-0.4, -0.2) is 29.4 Å². The number of nitrogens with zero attached hydrogens (tertiary/aromatic N) is 2. The summed E-state index contributed by atoms with van der Waals surface area (Å²) in [5.74, 6) is -0.551. The molecule has 110 valence electrons. The Hall–Kier alpha value is -2.43. The summed E-state index contributed by atoms with van der Waals surface area (Å²) >= 11 is 0. The molecule has 1 aromatic carbocycles. The average molecular weight is 287 g/mol. The molecule has 2 aromatic rings. The Labute approximate surface area is 123 Å². The van der Waals surface area contributed by atoms with Crippen LogP contribution in [-0.2, 0) is 6.54 Å². The van der Waals surface area contributed by atoms with Crippen molar-refractivity contribution < 1.29 is 9.18 Å². The number of rotatable bonds is 5. The molecule has 0 saturated carbocycles. The molecule has 2 rings (SSSR count). The molecule has 0 aliphatic heterocycles. The summed E-state index contributed by atoms with van der Waals surface area (Å²) < 4.78 is 13.6. The third-order valence-corrected chi connectivity index (χ3v) is 3.07. The van der Waals surface area contributed by atoms with E-state index in [9.17, 15) is 9.18 Å². The Kier molecular flexibility index (Phi) is 4.87. The molecule has 0 spiro atoms. The van der Waals surface area contributed by atoms with E-state index in [0.717, 1.165) is 12.2 Å². The van der Waals surface area contributed by atoms with Crippen molar-refractivity contribution >= 4 is 11.6 Å². The fraction of sp³-hybridized carbons (Fsp3) is 0.250. The molecule has 0 bridgehead atoms. The Morgan fingerprint density at radius 2 is 2.10 bits per heavy atom. The van der Waals surface area contributed by atoms with Crippen LogP contribution in [0.4, 0.5) is 10.1 Å². The third-order valence-electron chi connectivity index (χ3n) is 3.07. The van der Waals surface area contributed by atoms with Gasteiger partial charge < -0.3 is 10.2 Å². The van der Waals surface area contributed by atoms with Crippen molar-refractivity contribution in [3.05, 3.63) is 59.7 Å². The summed E-state index contributed by atoms with van der Waals surface area (Å²) in [4.78, 5) is 17.9. The van der Waals surface area contributed by atoms with Gasteiger partial charge in [0.15, 0.2) is 0 Å². The zero-order valence-corrected chi connectivity index (χ0v) is 12.1. The number of pyridine rings is 1. The highest BCUT2D eigenvalue weighted by molar-refractivity contribution is 5.92. The Morgan fingerprint density at radius 1 is 1.33 bits per heavy atom. The van der Waals surface area contributed by atoms with Crippen molar-refractivity contribution in [2.45, 2.75) is 13.5 Å². The van der Waals surface area contributed by atoms with E-state index >= 15 is 0 Å². The Balaban J connectivity index is 2.12. The van der Waals surface area contributed by atoms with Crippen LogP contribution in [0.3, 0.4) is 0 Å². The summed E-state index contributed by atoms with van der Waals surface area (Å²) in [6, 6.07) is 9.93. The molecule has 5 heteroatoms. The molecule has 0 unspecified atom stereocenters. The van der Waals surface area contributed by atoms with Crippen LogP contribution in [0.25, 0.3) is 0 Å². The van der Waals surface area contributed by atoms with Gasteiger partial charge in [0.2, 0.25) is 0 Å². The molecule has 0 aliphatic rings. The summed E-state index contributed by atoms with van der Waals surface area (Å²) in [7, 11) is 1.64. The predicted molar refractivity (Wildman–Crippen MR) is 80.6 cm³/mol. The van der Waals surface area contributed by atoms with Crippen LogP contribution in [0.2, 0.25) is 0 Å². The van der Waals surface area contributed by atoms with Crippen molar-refractivity contribution in [3.63, 3.8) is 0 Å². The number of anilines is 1. The zero-order chi connectivity index (χ0) is 15.2. The molecule has 0 fully saturated rings.